The second kappa shape index (κ2) is 7.38. The number of nitrogens with one attached hydrogen (secondary N) is 2. The van der Waals surface area contributed by atoms with E-state index in [1.54, 1.807) is 0 Å². The van der Waals surface area contributed by atoms with E-state index in [0.29, 0.717) is 6.54 Å². The highest BCUT2D eigenvalue weighted by atomic mass is 16.7. The summed E-state index contributed by atoms with van der Waals surface area (Å²) in [4.78, 5) is 12.5. The highest BCUT2D eigenvalue weighted by molar-refractivity contribution is 5.81. The summed E-state index contributed by atoms with van der Waals surface area (Å²) in [5, 5.41) is 6.50. The summed E-state index contributed by atoms with van der Waals surface area (Å²) < 4.78 is 10.7. The minimum Gasteiger partial charge on any atom is -0.454 e. The molecule has 26 heavy (non-hydrogen) atoms. The van der Waals surface area contributed by atoms with Crippen molar-refractivity contribution in [1.82, 2.24) is 10.6 Å². The molecule has 0 bridgehead atoms. The van der Waals surface area contributed by atoms with Crippen LogP contribution in [-0.2, 0) is 17.8 Å². The fourth-order valence-corrected chi connectivity index (χ4v) is 3.70. The number of benzene rings is 2. The van der Waals surface area contributed by atoms with Gasteiger partial charge < -0.3 is 14.8 Å². The monoisotopic (exact) mass is 352 g/mol. The minimum atomic E-state index is -0.250. The van der Waals surface area contributed by atoms with Gasteiger partial charge in [0.25, 0.3) is 0 Å². The third-order valence-corrected chi connectivity index (χ3v) is 5.12. The number of carbonyl (C=O) groups is 1. The molecule has 1 aliphatic carbocycles. The largest absolute Gasteiger partial charge is 0.454 e. The molecule has 0 saturated carbocycles. The number of amides is 1. The molecule has 2 aromatic rings. The van der Waals surface area contributed by atoms with E-state index in [9.17, 15) is 4.79 Å². The summed E-state index contributed by atoms with van der Waals surface area (Å²) >= 11 is 0. The van der Waals surface area contributed by atoms with Gasteiger partial charge in [-0.1, -0.05) is 30.3 Å². The lowest BCUT2D eigenvalue weighted by atomic mass is 9.87. The Labute approximate surface area is 153 Å². The number of rotatable bonds is 5. The van der Waals surface area contributed by atoms with E-state index in [4.69, 9.17) is 9.47 Å². The molecular weight excluding hydrogens is 328 g/mol. The Bertz CT molecular complexity index is 806. The molecule has 1 aliphatic heterocycles. The van der Waals surface area contributed by atoms with Gasteiger partial charge in [0, 0.05) is 12.6 Å². The van der Waals surface area contributed by atoms with Crippen LogP contribution in [0.5, 0.6) is 11.5 Å². The molecule has 1 amide bonds. The van der Waals surface area contributed by atoms with Crippen molar-refractivity contribution in [3.63, 3.8) is 0 Å². The van der Waals surface area contributed by atoms with Gasteiger partial charge in [-0.15, -0.1) is 0 Å². The highest BCUT2D eigenvalue weighted by Crippen LogP contribution is 2.32. The van der Waals surface area contributed by atoms with Crippen molar-refractivity contribution in [2.75, 3.05) is 6.79 Å². The fourth-order valence-electron chi connectivity index (χ4n) is 3.70. The normalized spacial score (nSPS) is 18.9. The van der Waals surface area contributed by atoms with E-state index < -0.39 is 0 Å². The van der Waals surface area contributed by atoms with Crippen molar-refractivity contribution in [2.45, 2.75) is 44.8 Å². The van der Waals surface area contributed by atoms with Crippen LogP contribution in [0.1, 0.15) is 42.5 Å². The fraction of sp³-hybridized carbons (Fsp3) is 0.381. The lowest BCUT2D eigenvalue weighted by molar-refractivity contribution is -0.123. The third-order valence-electron chi connectivity index (χ3n) is 5.12. The summed E-state index contributed by atoms with van der Waals surface area (Å²) in [5.74, 6) is 1.50. The van der Waals surface area contributed by atoms with Gasteiger partial charge in [0.15, 0.2) is 11.5 Å². The van der Waals surface area contributed by atoms with Crippen molar-refractivity contribution in [1.29, 1.82) is 0 Å². The topological polar surface area (TPSA) is 59.6 Å². The Morgan fingerprint density at radius 1 is 1.19 bits per heavy atom. The Hall–Kier alpha value is -2.53. The standard InChI is InChI=1S/C21H24N2O3/c1-14(23-18-8-4-6-16-5-2-3-7-17(16)18)21(24)22-12-15-9-10-19-20(11-15)26-13-25-19/h2-3,5,7,9-11,14,18,23H,4,6,8,12-13H2,1H3,(H,22,24)/t14-,18-/m0/s1. The van der Waals surface area contributed by atoms with Crippen LogP contribution in [0.4, 0.5) is 0 Å². The van der Waals surface area contributed by atoms with E-state index in [1.165, 1.54) is 11.1 Å². The predicted octanol–water partition coefficient (Wildman–Crippen LogP) is 3.09. The lowest BCUT2D eigenvalue weighted by Gasteiger charge is -2.29. The van der Waals surface area contributed by atoms with Crippen LogP contribution in [0, 0.1) is 0 Å². The first-order chi connectivity index (χ1) is 12.7. The van der Waals surface area contributed by atoms with E-state index in [1.807, 2.05) is 25.1 Å². The molecular formula is C21H24N2O3. The Balaban J connectivity index is 1.34. The zero-order valence-electron chi connectivity index (χ0n) is 15.0. The van der Waals surface area contributed by atoms with E-state index in [0.717, 1.165) is 36.3 Å². The SMILES string of the molecule is C[C@H](N[C@H]1CCCc2ccccc21)C(=O)NCc1ccc2c(c1)OCO2. The minimum absolute atomic E-state index is 0.00530. The molecule has 0 saturated heterocycles. The Morgan fingerprint density at radius 2 is 2.04 bits per heavy atom. The van der Waals surface area contributed by atoms with Crippen LogP contribution in [0.15, 0.2) is 42.5 Å². The lowest BCUT2D eigenvalue weighted by Crippen LogP contribution is -2.44. The number of carbonyl (C=O) groups excluding carboxylic acids is 1. The second-order valence-electron chi connectivity index (χ2n) is 6.94. The van der Waals surface area contributed by atoms with Crippen LogP contribution in [-0.4, -0.2) is 18.7 Å². The van der Waals surface area contributed by atoms with E-state index in [2.05, 4.69) is 34.9 Å². The molecule has 2 N–H and O–H groups in total. The van der Waals surface area contributed by atoms with Crippen molar-refractivity contribution in [3.8, 4) is 11.5 Å². The quantitative estimate of drug-likeness (QED) is 0.868. The van der Waals surface area contributed by atoms with Gasteiger partial charge in [0.2, 0.25) is 12.7 Å². The summed E-state index contributed by atoms with van der Waals surface area (Å²) in [7, 11) is 0. The van der Waals surface area contributed by atoms with Crippen molar-refractivity contribution in [2.24, 2.45) is 0 Å². The Kier molecular flexibility index (Phi) is 4.80. The Morgan fingerprint density at radius 3 is 2.96 bits per heavy atom. The molecule has 2 atom stereocenters. The molecule has 2 aromatic carbocycles. The average Bonchev–Trinajstić information content (AvgIpc) is 3.14. The molecule has 0 spiro atoms. The number of ether oxygens (including phenoxy) is 2. The van der Waals surface area contributed by atoms with Crippen LogP contribution < -0.4 is 20.1 Å². The smallest absolute Gasteiger partial charge is 0.237 e. The maximum Gasteiger partial charge on any atom is 0.237 e. The van der Waals surface area contributed by atoms with E-state index >= 15 is 0 Å². The summed E-state index contributed by atoms with van der Waals surface area (Å²) in [6, 6.07) is 14.3. The number of fused-ring (bicyclic) bond motifs is 2. The second-order valence-corrected chi connectivity index (χ2v) is 6.94. The first kappa shape index (κ1) is 16.9. The molecule has 4 rings (SSSR count). The first-order valence-corrected chi connectivity index (χ1v) is 9.21. The van der Waals surface area contributed by atoms with Gasteiger partial charge in [0.05, 0.1) is 6.04 Å². The van der Waals surface area contributed by atoms with Gasteiger partial charge in [-0.05, 0) is 55.0 Å². The van der Waals surface area contributed by atoms with Gasteiger partial charge in [-0.3, -0.25) is 10.1 Å². The summed E-state index contributed by atoms with van der Waals surface area (Å²) in [6.45, 7) is 2.66. The molecule has 1 heterocycles. The molecule has 2 aliphatic rings. The molecule has 0 aromatic heterocycles. The predicted molar refractivity (Wildman–Crippen MR) is 99.1 cm³/mol. The molecule has 0 radical (unpaired) electrons. The number of hydrogen-bond donors (Lipinski definition) is 2. The summed E-state index contributed by atoms with van der Waals surface area (Å²) in [5.41, 5.74) is 3.72. The summed E-state index contributed by atoms with van der Waals surface area (Å²) in [6.07, 6.45) is 3.34. The van der Waals surface area contributed by atoms with Crippen LogP contribution >= 0.6 is 0 Å². The maximum absolute atomic E-state index is 12.5. The molecule has 5 heteroatoms. The first-order valence-electron chi connectivity index (χ1n) is 9.21. The molecule has 0 unspecified atom stereocenters. The molecule has 0 fully saturated rings. The maximum atomic E-state index is 12.5. The van der Waals surface area contributed by atoms with Gasteiger partial charge in [-0.2, -0.15) is 0 Å². The highest BCUT2D eigenvalue weighted by Gasteiger charge is 2.23. The van der Waals surface area contributed by atoms with Crippen LogP contribution in [0.2, 0.25) is 0 Å². The third kappa shape index (κ3) is 3.53. The van der Waals surface area contributed by atoms with Gasteiger partial charge in [-0.25, -0.2) is 0 Å². The molecule has 5 nitrogen and oxygen atoms in total. The van der Waals surface area contributed by atoms with Crippen molar-refractivity contribution < 1.29 is 14.3 Å². The number of hydrogen-bond acceptors (Lipinski definition) is 4. The molecule has 136 valence electrons. The van der Waals surface area contributed by atoms with Gasteiger partial charge in [0.1, 0.15) is 0 Å². The van der Waals surface area contributed by atoms with Crippen LogP contribution in [0.3, 0.4) is 0 Å². The van der Waals surface area contributed by atoms with E-state index in [-0.39, 0.29) is 24.8 Å². The average molecular weight is 352 g/mol. The zero-order valence-corrected chi connectivity index (χ0v) is 15.0. The van der Waals surface area contributed by atoms with Crippen molar-refractivity contribution in [3.05, 3.63) is 59.2 Å². The van der Waals surface area contributed by atoms with Crippen LogP contribution in [0.25, 0.3) is 0 Å². The number of aryl methyl sites for hydroxylation is 1. The van der Waals surface area contributed by atoms with Crippen molar-refractivity contribution >= 4 is 5.91 Å². The zero-order chi connectivity index (χ0) is 17.9. The van der Waals surface area contributed by atoms with Gasteiger partial charge >= 0.3 is 0 Å².